The number of piperidine rings is 1. The van der Waals surface area contributed by atoms with Crippen molar-refractivity contribution in [1.82, 2.24) is 10.2 Å². The molecule has 43 heavy (non-hydrogen) atoms. The molecule has 4 rings (SSSR count). The second-order valence-electron chi connectivity index (χ2n) is 10.4. The molecule has 0 radical (unpaired) electrons. The van der Waals surface area contributed by atoms with Gasteiger partial charge in [0.1, 0.15) is 0 Å². The molecule has 12 heteroatoms. The number of carbonyl (C=O) groups is 2. The third kappa shape index (κ3) is 8.96. The predicted octanol–water partition coefficient (Wildman–Crippen LogP) is 8.02. The molecule has 0 aliphatic carbocycles. The van der Waals surface area contributed by atoms with E-state index in [-0.39, 0.29) is 23.4 Å². The van der Waals surface area contributed by atoms with Crippen molar-refractivity contribution in [2.24, 2.45) is 0 Å². The van der Waals surface area contributed by atoms with Crippen LogP contribution in [0.15, 0.2) is 66.7 Å². The first-order valence-corrected chi connectivity index (χ1v) is 14.1. The summed E-state index contributed by atoms with van der Waals surface area (Å²) in [6, 6.07) is 14.9. The second-order valence-corrected chi connectivity index (χ2v) is 10.9. The largest absolute Gasteiger partial charge is 0.416 e. The first kappa shape index (κ1) is 32.3. The molecule has 0 aromatic heterocycles. The molecule has 0 atom stereocenters. The summed E-state index contributed by atoms with van der Waals surface area (Å²) in [7, 11) is 0. The van der Waals surface area contributed by atoms with Gasteiger partial charge in [0.15, 0.2) is 0 Å². The van der Waals surface area contributed by atoms with Crippen LogP contribution in [0.25, 0.3) is 0 Å². The minimum Gasteiger partial charge on any atom is -0.352 e. The van der Waals surface area contributed by atoms with Gasteiger partial charge in [-0.2, -0.15) is 26.3 Å². The first-order chi connectivity index (χ1) is 20.3. The van der Waals surface area contributed by atoms with Crippen molar-refractivity contribution in [2.75, 3.05) is 31.5 Å². The lowest BCUT2D eigenvalue weighted by Gasteiger charge is -2.33. The van der Waals surface area contributed by atoms with Crippen molar-refractivity contribution in [3.63, 3.8) is 0 Å². The number of likely N-dealkylation sites (tertiary alicyclic amines) is 1. The highest BCUT2D eigenvalue weighted by atomic mass is 35.5. The van der Waals surface area contributed by atoms with Crippen molar-refractivity contribution in [3.05, 3.63) is 99.6 Å². The number of nitrogens with zero attached hydrogens (tertiary/aromatic N) is 1. The summed E-state index contributed by atoms with van der Waals surface area (Å²) < 4.78 is 79.6. The Morgan fingerprint density at radius 3 is 2.00 bits per heavy atom. The van der Waals surface area contributed by atoms with Gasteiger partial charge in [-0.3, -0.25) is 9.59 Å². The Balaban J connectivity index is 1.17. The fraction of sp³-hybridized carbons (Fsp3) is 0.355. The van der Waals surface area contributed by atoms with Gasteiger partial charge in [0.05, 0.1) is 11.1 Å². The van der Waals surface area contributed by atoms with E-state index in [0.29, 0.717) is 67.3 Å². The minimum absolute atomic E-state index is 0.0835. The normalized spacial score (nSPS) is 14.9. The van der Waals surface area contributed by atoms with Gasteiger partial charge < -0.3 is 15.5 Å². The molecule has 0 bridgehead atoms. The SMILES string of the molecule is O=C(NCCCCN1CCC(c2ccc(C(F)(F)F)cc2C(F)(F)F)CC1)c1ccc(NC(=O)c2ccc(Cl)cc2)cc1. The minimum atomic E-state index is -4.87. The number of benzene rings is 3. The lowest BCUT2D eigenvalue weighted by molar-refractivity contribution is -0.143. The third-order valence-corrected chi connectivity index (χ3v) is 7.66. The molecule has 3 aromatic rings. The topological polar surface area (TPSA) is 61.4 Å². The summed E-state index contributed by atoms with van der Waals surface area (Å²) in [5.41, 5.74) is -1.18. The molecular formula is C31H30ClF6N3O2. The molecule has 230 valence electrons. The zero-order valence-corrected chi connectivity index (χ0v) is 23.8. The maximum Gasteiger partial charge on any atom is 0.416 e. The van der Waals surface area contributed by atoms with E-state index in [1.54, 1.807) is 48.5 Å². The molecule has 2 amide bonds. The van der Waals surface area contributed by atoms with Gasteiger partial charge in [-0.05, 0) is 117 Å². The number of alkyl halides is 6. The van der Waals surface area contributed by atoms with E-state index in [0.717, 1.165) is 18.6 Å². The van der Waals surface area contributed by atoms with Gasteiger partial charge in [0.2, 0.25) is 0 Å². The van der Waals surface area contributed by atoms with Crippen LogP contribution in [0.3, 0.4) is 0 Å². The van der Waals surface area contributed by atoms with Crippen LogP contribution in [0.1, 0.15) is 69.0 Å². The lowest BCUT2D eigenvalue weighted by Crippen LogP contribution is -2.34. The van der Waals surface area contributed by atoms with Gasteiger partial charge in [0.25, 0.3) is 11.8 Å². The highest BCUT2D eigenvalue weighted by Gasteiger charge is 2.39. The molecule has 1 aliphatic rings. The molecular weight excluding hydrogens is 596 g/mol. The smallest absolute Gasteiger partial charge is 0.352 e. The number of hydrogen-bond acceptors (Lipinski definition) is 3. The van der Waals surface area contributed by atoms with Gasteiger partial charge in [-0.1, -0.05) is 17.7 Å². The first-order valence-electron chi connectivity index (χ1n) is 13.8. The molecule has 3 aromatic carbocycles. The Hall–Kier alpha value is -3.57. The maximum atomic E-state index is 13.6. The Bertz CT molecular complexity index is 1400. The van der Waals surface area contributed by atoms with E-state index < -0.39 is 29.4 Å². The zero-order chi connectivity index (χ0) is 31.2. The number of amides is 2. The van der Waals surface area contributed by atoms with E-state index in [4.69, 9.17) is 11.6 Å². The molecule has 1 fully saturated rings. The number of anilines is 1. The standard InChI is InChI=1S/C31H30ClF6N3O2/c32-24-8-3-22(4-9-24)29(43)40-25-10-5-21(6-11-25)28(42)39-15-1-2-16-41-17-13-20(14-18-41)26-12-7-23(30(33,34)35)19-27(26)31(36,37)38/h3-12,19-20H,1-2,13-18H2,(H,39,42)(H,40,43). The molecule has 2 N–H and O–H groups in total. The van der Waals surface area contributed by atoms with Crippen molar-refractivity contribution < 1.29 is 35.9 Å². The van der Waals surface area contributed by atoms with Crippen LogP contribution in [-0.4, -0.2) is 42.9 Å². The van der Waals surface area contributed by atoms with Crippen LogP contribution < -0.4 is 10.6 Å². The number of hydrogen-bond donors (Lipinski definition) is 2. The Labute approximate surface area is 250 Å². The number of unbranched alkanes of at least 4 members (excludes halogenated alkanes) is 1. The summed E-state index contributed by atoms with van der Waals surface area (Å²) in [6.07, 6.45) is -7.42. The number of halogens is 7. The maximum absolute atomic E-state index is 13.6. The summed E-state index contributed by atoms with van der Waals surface area (Å²) >= 11 is 5.84. The molecule has 0 saturated carbocycles. The Kier molecular flexibility index (Phi) is 10.4. The van der Waals surface area contributed by atoms with Crippen molar-refractivity contribution in [2.45, 2.75) is 44.0 Å². The van der Waals surface area contributed by atoms with E-state index >= 15 is 0 Å². The van der Waals surface area contributed by atoms with Crippen LogP contribution in [0.2, 0.25) is 5.02 Å². The van der Waals surface area contributed by atoms with Crippen LogP contribution in [0, 0.1) is 0 Å². The van der Waals surface area contributed by atoms with Gasteiger partial charge >= 0.3 is 12.4 Å². The molecule has 5 nitrogen and oxygen atoms in total. The summed E-state index contributed by atoms with van der Waals surface area (Å²) in [4.78, 5) is 26.9. The second kappa shape index (κ2) is 13.8. The zero-order valence-electron chi connectivity index (χ0n) is 23.0. The molecule has 0 unspecified atom stereocenters. The van der Waals surface area contributed by atoms with Gasteiger partial charge in [-0.15, -0.1) is 0 Å². The number of nitrogens with one attached hydrogen (secondary N) is 2. The fourth-order valence-electron chi connectivity index (χ4n) is 5.08. The number of carbonyl (C=O) groups excluding carboxylic acids is 2. The average molecular weight is 626 g/mol. The van der Waals surface area contributed by atoms with E-state index in [1.807, 2.05) is 0 Å². The lowest BCUT2D eigenvalue weighted by atomic mass is 9.85. The van der Waals surface area contributed by atoms with Crippen molar-refractivity contribution in [1.29, 1.82) is 0 Å². The summed E-state index contributed by atoms with van der Waals surface area (Å²) in [6.45, 7) is 2.21. The average Bonchev–Trinajstić information content (AvgIpc) is 2.96. The predicted molar refractivity (Wildman–Crippen MR) is 152 cm³/mol. The molecule has 0 spiro atoms. The van der Waals surface area contributed by atoms with Crippen LogP contribution >= 0.6 is 11.6 Å². The highest BCUT2D eigenvalue weighted by Crippen LogP contribution is 2.41. The third-order valence-electron chi connectivity index (χ3n) is 7.41. The molecule has 1 aliphatic heterocycles. The van der Waals surface area contributed by atoms with Crippen molar-refractivity contribution in [3.8, 4) is 0 Å². The van der Waals surface area contributed by atoms with Gasteiger partial charge in [0, 0.05) is 28.4 Å². The van der Waals surface area contributed by atoms with Crippen molar-refractivity contribution >= 4 is 29.1 Å². The van der Waals surface area contributed by atoms with Crippen LogP contribution in [0.5, 0.6) is 0 Å². The monoisotopic (exact) mass is 625 g/mol. The molecule has 1 heterocycles. The summed E-state index contributed by atoms with van der Waals surface area (Å²) in [5, 5.41) is 6.13. The Morgan fingerprint density at radius 1 is 0.791 bits per heavy atom. The van der Waals surface area contributed by atoms with Crippen LogP contribution in [-0.2, 0) is 12.4 Å². The highest BCUT2D eigenvalue weighted by molar-refractivity contribution is 6.30. The van der Waals surface area contributed by atoms with Gasteiger partial charge in [-0.25, -0.2) is 0 Å². The number of rotatable bonds is 9. The summed E-state index contributed by atoms with van der Waals surface area (Å²) in [5.74, 6) is -1.02. The van der Waals surface area contributed by atoms with Crippen LogP contribution in [0.4, 0.5) is 32.0 Å². The Morgan fingerprint density at radius 2 is 1.40 bits per heavy atom. The van der Waals surface area contributed by atoms with E-state index in [1.165, 1.54) is 0 Å². The fourth-order valence-corrected chi connectivity index (χ4v) is 5.20. The molecule has 1 saturated heterocycles. The van der Waals surface area contributed by atoms with E-state index in [9.17, 15) is 35.9 Å². The quantitative estimate of drug-likeness (QED) is 0.187. The van der Waals surface area contributed by atoms with E-state index in [2.05, 4.69) is 15.5 Å².